The number of ketones is 1. The number of hydrogen-bond donors (Lipinski definition) is 0. The van der Waals surface area contributed by atoms with Crippen molar-refractivity contribution in [3.63, 3.8) is 0 Å². The highest BCUT2D eigenvalue weighted by Gasteiger charge is 2.24. The minimum atomic E-state index is 0.400. The molecule has 0 saturated heterocycles. The molecular weight excluding hydrogens is 248 g/mol. The normalized spacial score (nSPS) is 16.1. The number of rotatable bonds is 4. The smallest absolute Gasteiger partial charge is 0.138 e. The van der Waals surface area contributed by atoms with E-state index in [0.29, 0.717) is 12.2 Å². The second-order valence-electron chi connectivity index (χ2n) is 3.59. The van der Waals surface area contributed by atoms with Crippen molar-refractivity contribution in [2.24, 2.45) is 5.92 Å². The summed E-state index contributed by atoms with van der Waals surface area (Å²) in [5, 5.41) is 2.03. The summed E-state index contributed by atoms with van der Waals surface area (Å²) >= 11 is 5.04. The van der Waals surface area contributed by atoms with E-state index in [1.165, 1.54) is 17.7 Å². The second-order valence-corrected chi connectivity index (χ2v) is 5.51. The van der Waals surface area contributed by atoms with Crippen molar-refractivity contribution in [2.45, 2.75) is 25.7 Å². The molecule has 1 aromatic heterocycles. The van der Waals surface area contributed by atoms with E-state index in [4.69, 9.17) is 0 Å². The summed E-state index contributed by atoms with van der Waals surface area (Å²) in [4.78, 5) is 12.6. The van der Waals surface area contributed by atoms with Crippen LogP contribution in [0.5, 0.6) is 0 Å². The lowest BCUT2D eigenvalue weighted by Crippen LogP contribution is -2.01. The Labute approximate surface area is 90.3 Å². The van der Waals surface area contributed by atoms with Crippen LogP contribution in [0.2, 0.25) is 0 Å². The molecule has 0 N–H and O–H groups in total. The summed E-state index contributed by atoms with van der Waals surface area (Å²) in [7, 11) is 0. The van der Waals surface area contributed by atoms with Gasteiger partial charge in [-0.3, -0.25) is 4.79 Å². The Morgan fingerprint density at radius 3 is 2.92 bits per heavy atom. The molecule has 0 atom stereocenters. The first-order valence-corrected chi connectivity index (χ1v) is 6.16. The third-order valence-corrected chi connectivity index (χ3v) is 3.90. The molecule has 1 fully saturated rings. The van der Waals surface area contributed by atoms with Crippen LogP contribution in [0.1, 0.15) is 24.1 Å². The molecule has 1 heterocycles. The standard InChI is InChI=1S/C10H11BrOS/c11-8-4-10(13-6-8)5-9(12)3-7-1-2-7/h4,6-7H,1-3,5H2. The Kier molecular flexibility index (Phi) is 2.84. The van der Waals surface area contributed by atoms with Gasteiger partial charge in [-0.1, -0.05) is 0 Å². The maximum absolute atomic E-state index is 11.5. The predicted octanol–water partition coefficient (Wildman–Crippen LogP) is 3.42. The van der Waals surface area contributed by atoms with Crippen LogP contribution in [0.3, 0.4) is 0 Å². The van der Waals surface area contributed by atoms with Crippen molar-refractivity contribution in [1.82, 2.24) is 0 Å². The molecule has 3 heteroatoms. The number of Topliss-reactive ketones (excluding diaryl/α,β-unsaturated/α-hetero) is 1. The fraction of sp³-hybridized carbons (Fsp3) is 0.500. The van der Waals surface area contributed by atoms with Crippen molar-refractivity contribution >= 4 is 33.0 Å². The number of hydrogen-bond acceptors (Lipinski definition) is 2. The van der Waals surface area contributed by atoms with Crippen LogP contribution in [-0.4, -0.2) is 5.78 Å². The SMILES string of the molecule is O=C(Cc1cc(Br)cs1)CC1CC1. The molecule has 0 bridgehead atoms. The highest BCUT2D eigenvalue weighted by molar-refractivity contribution is 9.10. The molecule has 0 amide bonds. The topological polar surface area (TPSA) is 17.1 Å². The zero-order chi connectivity index (χ0) is 9.26. The van der Waals surface area contributed by atoms with E-state index in [2.05, 4.69) is 15.9 Å². The van der Waals surface area contributed by atoms with E-state index in [0.717, 1.165) is 16.8 Å². The van der Waals surface area contributed by atoms with Gasteiger partial charge in [0.25, 0.3) is 0 Å². The van der Waals surface area contributed by atoms with E-state index < -0.39 is 0 Å². The lowest BCUT2D eigenvalue weighted by atomic mass is 10.1. The fourth-order valence-electron chi connectivity index (χ4n) is 1.36. The van der Waals surface area contributed by atoms with Crippen LogP contribution < -0.4 is 0 Å². The minimum absolute atomic E-state index is 0.400. The average Bonchev–Trinajstić information content (AvgIpc) is 2.76. The molecule has 0 spiro atoms. The van der Waals surface area contributed by atoms with Crippen LogP contribution >= 0.6 is 27.3 Å². The molecule has 0 radical (unpaired) electrons. The fourth-order valence-corrected chi connectivity index (χ4v) is 2.84. The van der Waals surface area contributed by atoms with Gasteiger partial charge >= 0.3 is 0 Å². The van der Waals surface area contributed by atoms with Crippen LogP contribution in [0.4, 0.5) is 0 Å². The molecule has 70 valence electrons. The Hall–Kier alpha value is -0.150. The zero-order valence-electron chi connectivity index (χ0n) is 7.25. The van der Waals surface area contributed by atoms with E-state index in [9.17, 15) is 4.79 Å². The van der Waals surface area contributed by atoms with E-state index in [1.807, 2.05) is 11.4 Å². The van der Waals surface area contributed by atoms with Gasteiger partial charge in [0.05, 0.1) is 0 Å². The predicted molar refractivity (Wildman–Crippen MR) is 58.1 cm³/mol. The molecule has 1 aromatic rings. The van der Waals surface area contributed by atoms with E-state index in [-0.39, 0.29) is 0 Å². The van der Waals surface area contributed by atoms with Crippen molar-refractivity contribution in [3.05, 3.63) is 20.8 Å². The Morgan fingerprint density at radius 2 is 2.38 bits per heavy atom. The molecule has 1 saturated carbocycles. The molecule has 0 aromatic carbocycles. The summed E-state index contributed by atoms with van der Waals surface area (Å²) in [6.07, 6.45) is 3.96. The first kappa shape index (κ1) is 9.41. The quantitative estimate of drug-likeness (QED) is 0.809. The van der Waals surface area contributed by atoms with E-state index >= 15 is 0 Å². The summed E-state index contributed by atoms with van der Waals surface area (Å²) in [5.41, 5.74) is 0. The first-order valence-electron chi connectivity index (χ1n) is 4.48. The van der Waals surface area contributed by atoms with Crippen molar-refractivity contribution in [1.29, 1.82) is 0 Å². The van der Waals surface area contributed by atoms with Gasteiger partial charge in [0.1, 0.15) is 5.78 Å². The molecule has 1 aliphatic carbocycles. The molecule has 1 nitrogen and oxygen atoms in total. The summed E-state index contributed by atoms with van der Waals surface area (Å²) in [6.45, 7) is 0. The van der Waals surface area contributed by atoms with Gasteiger partial charge in [-0.05, 0) is 40.8 Å². The first-order chi connectivity index (χ1) is 6.24. The summed E-state index contributed by atoms with van der Waals surface area (Å²) in [6, 6.07) is 2.04. The number of halogens is 1. The number of thiophene rings is 1. The Bertz CT molecular complexity index is 314. The molecule has 1 aliphatic rings. The summed E-state index contributed by atoms with van der Waals surface area (Å²) < 4.78 is 1.09. The van der Waals surface area contributed by atoms with Gasteiger partial charge in [0.2, 0.25) is 0 Å². The van der Waals surface area contributed by atoms with Crippen molar-refractivity contribution < 1.29 is 4.79 Å². The lowest BCUT2D eigenvalue weighted by Gasteiger charge is -1.95. The largest absolute Gasteiger partial charge is 0.299 e. The van der Waals surface area contributed by atoms with E-state index in [1.54, 1.807) is 11.3 Å². The molecular formula is C10H11BrOS. The highest BCUT2D eigenvalue weighted by Crippen LogP contribution is 2.33. The Morgan fingerprint density at radius 1 is 1.62 bits per heavy atom. The highest BCUT2D eigenvalue weighted by atomic mass is 79.9. The minimum Gasteiger partial charge on any atom is -0.299 e. The molecule has 0 unspecified atom stereocenters. The third kappa shape index (κ3) is 2.92. The van der Waals surface area contributed by atoms with Crippen molar-refractivity contribution in [3.8, 4) is 0 Å². The van der Waals surface area contributed by atoms with Gasteiger partial charge in [-0.15, -0.1) is 11.3 Å². The lowest BCUT2D eigenvalue weighted by molar-refractivity contribution is -0.118. The summed E-state index contributed by atoms with van der Waals surface area (Å²) in [5.74, 6) is 1.12. The van der Waals surface area contributed by atoms with Gasteiger partial charge in [0, 0.05) is 27.6 Å². The zero-order valence-corrected chi connectivity index (χ0v) is 9.66. The maximum Gasteiger partial charge on any atom is 0.138 e. The van der Waals surface area contributed by atoms with Crippen LogP contribution in [0.25, 0.3) is 0 Å². The van der Waals surface area contributed by atoms with Crippen molar-refractivity contribution in [2.75, 3.05) is 0 Å². The second kappa shape index (κ2) is 3.93. The molecule has 0 aliphatic heterocycles. The third-order valence-electron chi connectivity index (χ3n) is 2.21. The molecule has 13 heavy (non-hydrogen) atoms. The number of carbonyl (C=O) groups is 1. The van der Waals surface area contributed by atoms with Crippen LogP contribution in [0.15, 0.2) is 15.9 Å². The maximum atomic E-state index is 11.5. The van der Waals surface area contributed by atoms with Crippen LogP contribution in [0, 0.1) is 5.92 Å². The van der Waals surface area contributed by atoms with Gasteiger partial charge in [-0.2, -0.15) is 0 Å². The van der Waals surface area contributed by atoms with Gasteiger partial charge in [0.15, 0.2) is 0 Å². The van der Waals surface area contributed by atoms with Crippen LogP contribution in [-0.2, 0) is 11.2 Å². The Balaban J connectivity index is 1.85. The monoisotopic (exact) mass is 258 g/mol. The molecule has 2 rings (SSSR count). The van der Waals surface area contributed by atoms with Gasteiger partial charge in [-0.25, -0.2) is 0 Å². The van der Waals surface area contributed by atoms with Gasteiger partial charge < -0.3 is 0 Å². The number of carbonyl (C=O) groups excluding carboxylic acids is 1. The average molecular weight is 259 g/mol.